The predicted molar refractivity (Wildman–Crippen MR) is 81.0 cm³/mol. The van der Waals surface area contributed by atoms with E-state index in [-0.39, 0.29) is 0 Å². The van der Waals surface area contributed by atoms with Crippen molar-refractivity contribution in [1.29, 1.82) is 0 Å². The highest BCUT2D eigenvalue weighted by Crippen LogP contribution is 2.42. The van der Waals surface area contributed by atoms with Gasteiger partial charge in [0.25, 0.3) is 0 Å². The van der Waals surface area contributed by atoms with Crippen molar-refractivity contribution >= 4 is 11.8 Å². The summed E-state index contributed by atoms with van der Waals surface area (Å²) in [4.78, 5) is 0. The Hall–Kier alpha value is 0.310. The lowest BCUT2D eigenvalue weighted by molar-refractivity contribution is 0.345. The largest absolute Gasteiger partial charge is 0.315 e. The van der Waals surface area contributed by atoms with Gasteiger partial charge in [-0.25, -0.2) is 0 Å². The lowest BCUT2D eigenvalue weighted by atomic mass is 9.84. The highest BCUT2D eigenvalue weighted by molar-refractivity contribution is 8.00. The number of thioether (sulfide) groups is 1. The van der Waals surface area contributed by atoms with Crippen LogP contribution in [-0.2, 0) is 0 Å². The zero-order valence-corrected chi connectivity index (χ0v) is 12.7. The molecule has 1 fully saturated rings. The fourth-order valence-corrected chi connectivity index (χ4v) is 3.49. The Morgan fingerprint density at radius 1 is 1.00 bits per heavy atom. The first kappa shape index (κ1) is 15.4. The van der Waals surface area contributed by atoms with Crippen molar-refractivity contribution in [1.82, 2.24) is 5.32 Å². The number of hydrogen-bond acceptors (Lipinski definition) is 2. The lowest BCUT2D eigenvalue weighted by Crippen LogP contribution is -2.43. The average molecular weight is 257 g/mol. The molecule has 0 radical (unpaired) electrons. The van der Waals surface area contributed by atoms with Gasteiger partial charge in [-0.15, -0.1) is 0 Å². The molecule has 17 heavy (non-hydrogen) atoms. The van der Waals surface area contributed by atoms with Crippen LogP contribution in [0.2, 0.25) is 0 Å². The zero-order chi connectivity index (χ0) is 12.4. The van der Waals surface area contributed by atoms with E-state index in [9.17, 15) is 0 Å². The fraction of sp³-hybridized carbons (Fsp3) is 1.00. The normalized spacial score (nSPS) is 18.0. The van der Waals surface area contributed by atoms with Gasteiger partial charge in [0, 0.05) is 11.3 Å². The smallest absolute Gasteiger partial charge is 0.0281 e. The lowest BCUT2D eigenvalue weighted by Gasteiger charge is -2.40. The Kier molecular flexibility index (Phi) is 8.38. The van der Waals surface area contributed by atoms with Gasteiger partial charge in [0.1, 0.15) is 0 Å². The Bertz CT molecular complexity index is 172. The maximum absolute atomic E-state index is 3.66. The number of rotatable bonds is 11. The SMILES string of the molecule is CCCCCCCCCNCC1(SC)CCC1. The zero-order valence-electron chi connectivity index (χ0n) is 11.9. The van der Waals surface area contributed by atoms with Gasteiger partial charge in [-0.3, -0.25) is 0 Å². The van der Waals surface area contributed by atoms with E-state index >= 15 is 0 Å². The second-order valence-corrected chi connectivity index (χ2v) is 6.81. The van der Waals surface area contributed by atoms with E-state index in [0.717, 1.165) is 0 Å². The summed E-state index contributed by atoms with van der Waals surface area (Å²) in [6.45, 7) is 4.76. The Labute approximate surface area is 113 Å². The van der Waals surface area contributed by atoms with E-state index in [1.807, 2.05) is 0 Å². The van der Waals surface area contributed by atoms with Crippen molar-refractivity contribution < 1.29 is 0 Å². The number of nitrogens with one attached hydrogen (secondary N) is 1. The fourth-order valence-electron chi connectivity index (χ4n) is 2.55. The molecule has 0 aromatic rings. The molecule has 1 nitrogen and oxygen atoms in total. The number of hydrogen-bond donors (Lipinski definition) is 1. The van der Waals surface area contributed by atoms with Crippen LogP contribution in [0.25, 0.3) is 0 Å². The first-order valence-corrected chi connectivity index (χ1v) is 8.81. The van der Waals surface area contributed by atoms with Crippen LogP contribution in [0.5, 0.6) is 0 Å². The van der Waals surface area contributed by atoms with Gasteiger partial charge in [0.05, 0.1) is 0 Å². The second kappa shape index (κ2) is 9.27. The molecule has 102 valence electrons. The molecular weight excluding hydrogens is 226 g/mol. The minimum Gasteiger partial charge on any atom is -0.315 e. The van der Waals surface area contributed by atoms with Crippen LogP contribution in [0, 0.1) is 0 Å². The standard InChI is InChI=1S/C15H31NS/c1-3-4-5-6-7-8-9-13-16-14-15(17-2)11-10-12-15/h16H,3-14H2,1-2H3. The van der Waals surface area contributed by atoms with Gasteiger partial charge in [-0.1, -0.05) is 51.9 Å². The third-order valence-corrected chi connectivity index (χ3v) is 5.52. The maximum atomic E-state index is 3.66. The molecular formula is C15H31NS. The van der Waals surface area contributed by atoms with Crippen LogP contribution >= 0.6 is 11.8 Å². The molecule has 1 N–H and O–H groups in total. The summed E-state index contributed by atoms with van der Waals surface area (Å²) in [5.41, 5.74) is 0. The predicted octanol–water partition coefficient (Wildman–Crippen LogP) is 4.61. The van der Waals surface area contributed by atoms with E-state index in [1.165, 1.54) is 77.3 Å². The molecule has 0 saturated heterocycles. The van der Waals surface area contributed by atoms with E-state index in [2.05, 4.69) is 30.3 Å². The molecule has 1 aliphatic carbocycles. The van der Waals surface area contributed by atoms with Crippen LogP contribution in [0.1, 0.15) is 71.1 Å². The Morgan fingerprint density at radius 3 is 2.18 bits per heavy atom. The number of unbranched alkanes of at least 4 members (excludes halogenated alkanes) is 6. The summed E-state index contributed by atoms with van der Waals surface area (Å²) in [6, 6.07) is 0. The van der Waals surface area contributed by atoms with Crippen LogP contribution in [0.3, 0.4) is 0 Å². The summed E-state index contributed by atoms with van der Waals surface area (Å²) in [7, 11) is 0. The molecule has 0 spiro atoms. The van der Waals surface area contributed by atoms with Crippen molar-refractivity contribution in [2.75, 3.05) is 19.3 Å². The summed E-state index contributed by atoms with van der Waals surface area (Å²) >= 11 is 2.07. The van der Waals surface area contributed by atoms with Gasteiger partial charge < -0.3 is 5.32 Å². The highest BCUT2D eigenvalue weighted by Gasteiger charge is 2.35. The van der Waals surface area contributed by atoms with Gasteiger partial charge in [-0.2, -0.15) is 11.8 Å². The molecule has 1 saturated carbocycles. The third kappa shape index (κ3) is 6.15. The molecule has 0 unspecified atom stereocenters. The van der Waals surface area contributed by atoms with Crippen LogP contribution in [0.15, 0.2) is 0 Å². The minimum absolute atomic E-state index is 0.612. The second-order valence-electron chi connectivity index (χ2n) is 5.54. The van der Waals surface area contributed by atoms with E-state index in [4.69, 9.17) is 0 Å². The van der Waals surface area contributed by atoms with Gasteiger partial charge in [-0.05, 0) is 32.1 Å². The van der Waals surface area contributed by atoms with E-state index in [0.29, 0.717) is 4.75 Å². The molecule has 0 bridgehead atoms. The van der Waals surface area contributed by atoms with Crippen molar-refractivity contribution in [2.45, 2.75) is 75.9 Å². The maximum Gasteiger partial charge on any atom is 0.0281 e. The quantitative estimate of drug-likeness (QED) is 0.542. The topological polar surface area (TPSA) is 12.0 Å². The van der Waals surface area contributed by atoms with Crippen LogP contribution < -0.4 is 5.32 Å². The van der Waals surface area contributed by atoms with Crippen molar-refractivity contribution in [3.05, 3.63) is 0 Å². The van der Waals surface area contributed by atoms with Crippen LogP contribution in [0.4, 0.5) is 0 Å². The van der Waals surface area contributed by atoms with Gasteiger partial charge in [0.15, 0.2) is 0 Å². The molecule has 0 heterocycles. The molecule has 0 atom stereocenters. The molecule has 0 aromatic carbocycles. The first-order valence-electron chi connectivity index (χ1n) is 7.59. The average Bonchev–Trinajstić information content (AvgIpc) is 2.30. The Morgan fingerprint density at radius 2 is 1.65 bits per heavy atom. The molecule has 0 aliphatic heterocycles. The van der Waals surface area contributed by atoms with E-state index in [1.54, 1.807) is 0 Å². The molecule has 0 aromatic heterocycles. The van der Waals surface area contributed by atoms with Crippen molar-refractivity contribution in [2.24, 2.45) is 0 Å². The van der Waals surface area contributed by atoms with Crippen LogP contribution in [-0.4, -0.2) is 24.1 Å². The summed E-state index contributed by atoms with van der Waals surface area (Å²) in [5.74, 6) is 0. The molecule has 0 amide bonds. The van der Waals surface area contributed by atoms with Crippen molar-refractivity contribution in [3.63, 3.8) is 0 Å². The summed E-state index contributed by atoms with van der Waals surface area (Å²) in [5, 5.41) is 3.66. The third-order valence-electron chi connectivity index (χ3n) is 4.10. The molecule has 1 rings (SSSR count). The first-order chi connectivity index (χ1) is 8.33. The van der Waals surface area contributed by atoms with E-state index < -0.39 is 0 Å². The van der Waals surface area contributed by atoms with Gasteiger partial charge in [0.2, 0.25) is 0 Å². The monoisotopic (exact) mass is 257 g/mol. The highest BCUT2D eigenvalue weighted by atomic mass is 32.2. The summed E-state index contributed by atoms with van der Waals surface area (Å²) in [6.07, 6.45) is 16.5. The summed E-state index contributed by atoms with van der Waals surface area (Å²) < 4.78 is 0.612. The minimum atomic E-state index is 0.612. The molecule has 2 heteroatoms. The van der Waals surface area contributed by atoms with Crippen molar-refractivity contribution in [3.8, 4) is 0 Å². The van der Waals surface area contributed by atoms with Gasteiger partial charge >= 0.3 is 0 Å². The Balaban J connectivity index is 1.81. The molecule has 1 aliphatic rings.